The Kier molecular flexibility index (Phi) is 5.45. The molecule has 0 amide bonds. The molecule has 0 aromatic heterocycles. The van der Waals surface area contributed by atoms with Crippen LogP contribution in [0, 0.1) is 0 Å². The Morgan fingerprint density at radius 1 is 1.10 bits per heavy atom. The Balaban J connectivity index is 2.15. The second-order valence-electron chi connectivity index (χ2n) is 4.72. The normalized spacial score (nSPS) is 10.6. The zero-order valence-electron chi connectivity index (χ0n) is 11.9. The molecule has 0 saturated heterocycles. The lowest BCUT2D eigenvalue weighted by molar-refractivity contribution is 0.415. The molecule has 0 spiro atoms. The minimum atomic E-state index is 0.783. The highest BCUT2D eigenvalue weighted by Gasteiger charge is 2.05. The second-order valence-corrected chi connectivity index (χ2v) is 5.13. The largest absolute Gasteiger partial charge is 0.497 e. The van der Waals surface area contributed by atoms with Crippen molar-refractivity contribution >= 4 is 11.6 Å². The molecule has 2 rings (SSSR count). The Morgan fingerprint density at radius 2 is 1.85 bits per heavy atom. The van der Waals surface area contributed by atoms with Gasteiger partial charge in [-0.2, -0.15) is 0 Å². The van der Waals surface area contributed by atoms with E-state index >= 15 is 0 Å². The minimum Gasteiger partial charge on any atom is -0.497 e. The van der Waals surface area contributed by atoms with Crippen LogP contribution in [0.25, 0.3) is 11.1 Å². The van der Waals surface area contributed by atoms with Crippen molar-refractivity contribution in [1.82, 2.24) is 5.32 Å². The summed E-state index contributed by atoms with van der Waals surface area (Å²) >= 11 is 6.39. The van der Waals surface area contributed by atoms with Crippen molar-refractivity contribution in [2.45, 2.75) is 19.9 Å². The summed E-state index contributed by atoms with van der Waals surface area (Å²) in [5.41, 5.74) is 3.36. The van der Waals surface area contributed by atoms with Gasteiger partial charge >= 0.3 is 0 Å². The van der Waals surface area contributed by atoms with Crippen LogP contribution in [-0.4, -0.2) is 13.7 Å². The van der Waals surface area contributed by atoms with Crippen LogP contribution in [-0.2, 0) is 6.54 Å². The molecule has 0 bridgehead atoms. The van der Waals surface area contributed by atoms with Crippen LogP contribution in [0.1, 0.15) is 18.9 Å². The fourth-order valence-electron chi connectivity index (χ4n) is 2.08. The molecule has 0 radical (unpaired) electrons. The topological polar surface area (TPSA) is 21.3 Å². The van der Waals surface area contributed by atoms with Gasteiger partial charge in [0.15, 0.2) is 0 Å². The number of hydrogen-bond donors (Lipinski definition) is 1. The number of benzene rings is 2. The van der Waals surface area contributed by atoms with Gasteiger partial charge in [-0.1, -0.05) is 42.8 Å². The molecular formula is C17H20ClNO. The Hall–Kier alpha value is -1.51. The van der Waals surface area contributed by atoms with Crippen molar-refractivity contribution in [3.05, 3.63) is 53.1 Å². The van der Waals surface area contributed by atoms with Crippen molar-refractivity contribution in [2.24, 2.45) is 0 Å². The molecule has 2 nitrogen and oxygen atoms in total. The number of halogens is 1. The summed E-state index contributed by atoms with van der Waals surface area (Å²) in [5.74, 6) is 0.852. The fraction of sp³-hybridized carbons (Fsp3) is 0.294. The van der Waals surface area contributed by atoms with E-state index in [-0.39, 0.29) is 0 Å². The average molecular weight is 290 g/mol. The van der Waals surface area contributed by atoms with Crippen molar-refractivity contribution in [2.75, 3.05) is 13.7 Å². The maximum absolute atomic E-state index is 6.39. The maximum atomic E-state index is 6.39. The molecule has 0 aliphatic rings. The number of methoxy groups -OCH3 is 1. The first-order valence-corrected chi connectivity index (χ1v) is 7.26. The number of hydrogen-bond acceptors (Lipinski definition) is 2. The van der Waals surface area contributed by atoms with Crippen LogP contribution in [0.15, 0.2) is 42.5 Å². The third-order valence-electron chi connectivity index (χ3n) is 3.19. The first-order chi connectivity index (χ1) is 9.74. The molecule has 106 valence electrons. The van der Waals surface area contributed by atoms with Gasteiger partial charge in [0.05, 0.1) is 7.11 Å². The first-order valence-electron chi connectivity index (χ1n) is 6.88. The third kappa shape index (κ3) is 3.75. The van der Waals surface area contributed by atoms with E-state index in [1.807, 2.05) is 30.3 Å². The molecule has 2 aromatic rings. The molecule has 0 unspecified atom stereocenters. The smallest absolute Gasteiger partial charge is 0.118 e. The highest BCUT2D eigenvalue weighted by molar-refractivity contribution is 6.33. The summed E-state index contributed by atoms with van der Waals surface area (Å²) in [7, 11) is 1.67. The molecule has 2 aromatic carbocycles. The molecule has 0 aliphatic heterocycles. The lowest BCUT2D eigenvalue weighted by atomic mass is 10.0. The molecule has 1 N–H and O–H groups in total. The van der Waals surface area contributed by atoms with Crippen molar-refractivity contribution in [3.8, 4) is 16.9 Å². The lowest BCUT2D eigenvalue weighted by Crippen LogP contribution is -2.13. The lowest BCUT2D eigenvalue weighted by Gasteiger charge is -2.09. The minimum absolute atomic E-state index is 0.783. The summed E-state index contributed by atoms with van der Waals surface area (Å²) in [6.45, 7) is 4.04. The van der Waals surface area contributed by atoms with Crippen LogP contribution < -0.4 is 10.1 Å². The summed E-state index contributed by atoms with van der Waals surface area (Å²) in [6, 6.07) is 14.2. The van der Waals surface area contributed by atoms with E-state index in [9.17, 15) is 0 Å². The van der Waals surface area contributed by atoms with E-state index in [0.717, 1.165) is 41.4 Å². The van der Waals surface area contributed by atoms with E-state index in [1.54, 1.807) is 7.11 Å². The van der Waals surface area contributed by atoms with Gasteiger partial charge in [-0.25, -0.2) is 0 Å². The molecule has 0 heterocycles. The quantitative estimate of drug-likeness (QED) is 0.790. The monoisotopic (exact) mass is 289 g/mol. The van der Waals surface area contributed by atoms with Gasteiger partial charge in [0.1, 0.15) is 5.75 Å². The SMILES string of the molecule is CCCNCc1ccc(-c2ccc(OC)cc2)c(Cl)c1. The standard InChI is InChI=1S/C17H20ClNO/c1-3-10-19-12-13-4-9-16(17(18)11-13)14-5-7-15(20-2)8-6-14/h4-9,11,19H,3,10,12H2,1-2H3. The van der Waals surface area contributed by atoms with Gasteiger partial charge in [-0.05, 0) is 42.3 Å². The fourth-order valence-corrected chi connectivity index (χ4v) is 2.40. The van der Waals surface area contributed by atoms with Crippen LogP contribution in [0.3, 0.4) is 0 Å². The van der Waals surface area contributed by atoms with Crippen molar-refractivity contribution < 1.29 is 4.74 Å². The maximum Gasteiger partial charge on any atom is 0.118 e. The molecule has 0 atom stereocenters. The van der Waals surface area contributed by atoms with Crippen LogP contribution in [0.5, 0.6) is 5.75 Å². The molecular weight excluding hydrogens is 270 g/mol. The van der Waals surface area contributed by atoms with Gasteiger partial charge in [0.25, 0.3) is 0 Å². The molecule has 20 heavy (non-hydrogen) atoms. The molecule has 3 heteroatoms. The molecule has 0 saturated carbocycles. The highest BCUT2D eigenvalue weighted by Crippen LogP contribution is 2.30. The number of ether oxygens (including phenoxy) is 1. The average Bonchev–Trinajstić information content (AvgIpc) is 2.48. The van der Waals surface area contributed by atoms with E-state index in [1.165, 1.54) is 5.56 Å². The summed E-state index contributed by atoms with van der Waals surface area (Å²) in [5, 5.41) is 4.16. The predicted octanol–water partition coefficient (Wildman–Crippen LogP) is 4.52. The van der Waals surface area contributed by atoms with Crippen LogP contribution in [0.4, 0.5) is 0 Å². The second kappa shape index (κ2) is 7.32. The summed E-state index contributed by atoms with van der Waals surface area (Å²) in [6.07, 6.45) is 1.14. The number of rotatable bonds is 6. The molecule has 0 fully saturated rings. The molecule has 0 aliphatic carbocycles. The summed E-state index contributed by atoms with van der Waals surface area (Å²) in [4.78, 5) is 0. The van der Waals surface area contributed by atoms with Crippen molar-refractivity contribution in [1.29, 1.82) is 0 Å². The third-order valence-corrected chi connectivity index (χ3v) is 3.50. The van der Waals surface area contributed by atoms with Crippen molar-refractivity contribution in [3.63, 3.8) is 0 Å². The van der Waals surface area contributed by atoms with E-state index in [0.29, 0.717) is 0 Å². The van der Waals surface area contributed by atoms with Gasteiger partial charge in [0, 0.05) is 17.1 Å². The zero-order chi connectivity index (χ0) is 14.4. The van der Waals surface area contributed by atoms with E-state index in [4.69, 9.17) is 16.3 Å². The van der Waals surface area contributed by atoms with Crippen LogP contribution in [0.2, 0.25) is 5.02 Å². The Labute approximate surface area is 125 Å². The summed E-state index contributed by atoms with van der Waals surface area (Å²) < 4.78 is 5.17. The van der Waals surface area contributed by atoms with E-state index < -0.39 is 0 Å². The van der Waals surface area contributed by atoms with Gasteiger partial charge in [-0.3, -0.25) is 0 Å². The van der Waals surface area contributed by atoms with Crippen LogP contribution >= 0.6 is 11.6 Å². The predicted molar refractivity (Wildman–Crippen MR) is 85.4 cm³/mol. The highest BCUT2D eigenvalue weighted by atomic mass is 35.5. The van der Waals surface area contributed by atoms with E-state index in [2.05, 4.69) is 24.4 Å². The number of nitrogens with one attached hydrogen (secondary N) is 1. The van der Waals surface area contributed by atoms with Gasteiger partial charge in [0.2, 0.25) is 0 Å². The Morgan fingerprint density at radius 3 is 2.45 bits per heavy atom. The zero-order valence-corrected chi connectivity index (χ0v) is 12.7. The first kappa shape index (κ1) is 14.9. The Bertz CT molecular complexity index is 551. The van der Waals surface area contributed by atoms with Gasteiger partial charge in [-0.15, -0.1) is 0 Å². The van der Waals surface area contributed by atoms with Gasteiger partial charge < -0.3 is 10.1 Å².